The average Bonchev–Trinajstić information content (AvgIpc) is 3.25. The summed E-state index contributed by atoms with van der Waals surface area (Å²) in [6.07, 6.45) is 4.43. The molecular weight excluding hydrogens is 364 g/mol. The molecule has 2 fully saturated rings. The van der Waals surface area contributed by atoms with E-state index in [4.69, 9.17) is 14.5 Å². The van der Waals surface area contributed by atoms with Crippen LogP contribution < -0.4 is 10.1 Å². The lowest BCUT2D eigenvalue weighted by molar-refractivity contribution is 0.0195. The molecule has 29 heavy (non-hydrogen) atoms. The maximum absolute atomic E-state index is 5.75. The average molecular weight is 403 g/mol. The van der Waals surface area contributed by atoms with Crippen LogP contribution in [0.15, 0.2) is 29.3 Å². The van der Waals surface area contributed by atoms with Gasteiger partial charge in [0.1, 0.15) is 5.75 Å². The molecule has 2 saturated heterocycles. The third-order valence-corrected chi connectivity index (χ3v) is 5.71. The molecule has 3 rings (SSSR count). The number of ether oxygens (including phenoxy) is 2. The van der Waals surface area contributed by atoms with Gasteiger partial charge in [0.05, 0.1) is 19.8 Å². The van der Waals surface area contributed by atoms with E-state index in [1.807, 2.05) is 0 Å². The first-order chi connectivity index (χ1) is 14.3. The van der Waals surface area contributed by atoms with Crippen LogP contribution in [0.25, 0.3) is 0 Å². The first-order valence-corrected chi connectivity index (χ1v) is 11.4. The number of hydrogen-bond acceptors (Lipinski definition) is 4. The summed E-state index contributed by atoms with van der Waals surface area (Å²) in [4.78, 5) is 9.92. The number of nitrogens with one attached hydrogen (secondary N) is 1. The Hall–Kier alpha value is -1.79. The van der Waals surface area contributed by atoms with Gasteiger partial charge in [-0.25, -0.2) is 0 Å². The van der Waals surface area contributed by atoms with Crippen LogP contribution >= 0.6 is 0 Å². The number of guanidine groups is 1. The van der Waals surface area contributed by atoms with Crippen molar-refractivity contribution in [3.63, 3.8) is 0 Å². The number of benzene rings is 1. The van der Waals surface area contributed by atoms with Gasteiger partial charge in [0.25, 0.3) is 0 Å². The fourth-order valence-electron chi connectivity index (χ4n) is 3.98. The lowest BCUT2D eigenvalue weighted by atomic mass is 10.1. The van der Waals surface area contributed by atoms with E-state index < -0.39 is 0 Å². The lowest BCUT2D eigenvalue weighted by Crippen LogP contribution is -2.46. The van der Waals surface area contributed by atoms with Crippen molar-refractivity contribution in [2.75, 3.05) is 59.1 Å². The Labute approximate surface area is 176 Å². The highest BCUT2D eigenvalue weighted by molar-refractivity contribution is 5.80. The Morgan fingerprint density at radius 1 is 1.17 bits per heavy atom. The fourth-order valence-corrected chi connectivity index (χ4v) is 3.98. The van der Waals surface area contributed by atoms with Crippen molar-refractivity contribution in [1.29, 1.82) is 0 Å². The minimum absolute atomic E-state index is 0.628. The summed E-state index contributed by atoms with van der Waals surface area (Å²) in [5, 5.41) is 3.48. The first kappa shape index (κ1) is 21.9. The molecule has 1 atom stereocenters. The van der Waals surface area contributed by atoms with Gasteiger partial charge < -0.3 is 19.7 Å². The number of rotatable bonds is 9. The van der Waals surface area contributed by atoms with E-state index in [9.17, 15) is 0 Å². The van der Waals surface area contributed by atoms with E-state index in [-0.39, 0.29) is 0 Å². The summed E-state index contributed by atoms with van der Waals surface area (Å²) in [6.45, 7) is 12.8. The molecule has 162 valence electrons. The number of nitrogens with zero attached hydrogens (tertiary/aromatic N) is 3. The summed E-state index contributed by atoms with van der Waals surface area (Å²) < 4.78 is 11.2. The fraction of sp³-hybridized carbons (Fsp3) is 0.696. The highest BCUT2D eigenvalue weighted by Gasteiger charge is 2.30. The zero-order chi connectivity index (χ0) is 20.3. The SMILES string of the molecule is CCCCOc1ccc(CCN=C(NCC)N2CCC(N3CCOCC3)C2)cc1. The molecule has 2 heterocycles. The van der Waals surface area contributed by atoms with Crippen molar-refractivity contribution in [3.05, 3.63) is 29.8 Å². The molecule has 6 nitrogen and oxygen atoms in total. The molecule has 0 amide bonds. The molecule has 2 aliphatic rings. The van der Waals surface area contributed by atoms with E-state index in [1.54, 1.807) is 0 Å². The number of hydrogen-bond donors (Lipinski definition) is 1. The highest BCUT2D eigenvalue weighted by atomic mass is 16.5. The Balaban J connectivity index is 1.47. The third-order valence-electron chi connectivity index (χ3n) is 5.71. The Bertz CT molecular complexity index is 614. The summed E-state index contributed by atoms with van der Waals surface area (Å²) >= 11 is 0. The quantitative estimate of drug-likeness (QED) is 0.391. The van der Waals surface area contributed by atoms with Gasteiger partial charge in [-0.15, -0.1) is 0 Å². The minimum atomic E-state index is 0.628. The van der Waals surface area contributed by atoms with Crippen LogP contribution in [0, 0.1) is 0 Å². The maximum Gasteiger partial charge on any atom is 0.193 e. The standard InChI is InChI=1S/C23H38N4O2/c1-3-5-16-29-22-8-6-20(7-9-22)10-12-25-23(24-4-2)27-13-11-21(19-27)26-14-17-28-18-15-26/h6-9,21H,3-5,10-19H2,1-2H3,(H,24,25). The molecule has 0 aromatic heterocycles. The van der Waals surface area contributed by atoms with Crippen molar-refractivity contribution in [1.82, 2.24) is 15.1 Å². The normalized spacial score (nSPS) is 20.8. The van der Waals surface area contributed by atoms with Crippen LogP contribution in [-0.4, -0.2) is 80.9 Å². The molecular formula is C23H38N4O2. The van der Waals surface area contributed by atoms with Gasteiger partial charge in [0.2, 0.25) is 0 Å². The Morgan fingerprint density at radius 3 is 2.69 bits per heavy atom. The smallest absolute Gasteiger partial charge is 0.193 e. The van der Waals surface area contributed by atoms with E-state index in [1.165, 1.54) is 12.0 Å². The second kappa shape index (κ2) is 12.0. The van der Waals surface area contributed by atoms with Crippen molar-refractivity contribution in [2.24, 2.45) is 4.99 Å². The van der Waals surface area contributed by atoms with Crippen molar-refractivity contribution < 1.29 is 9.47 Å². The van der Waals surface area contributed by atoms with E-state index >= 15 is 0 Å². The van der Waals surface area contributed by atoms with Gasteiger partial charge >= 0.3 is 0 Å². The lowest BCUT2D eigenvalue weighted by Gasteiger charge is -2.32. The zero-order valence-electron chi connectivity index (χ0n) is 18.2. The van der Waals surface area contributed by atoms with Gasteiger partial charge in [0.15, 0.2) is 5.96 Å². The van der Waals surface area contributed by atoms with Crippen LogP contribution in [0.2, 0.25) is 0 Å². The van der Waals surface area contributed by atoms with Crippen molar-refractivity contribution in [2.45, 2.75) is 45.6 Å². The van der Waals surface area contributed by atoms with Gasteiger partial charge in [0, 0.05) is 45.3 Å². The zero-order valence-corrected chi connectivity index (χ0v) is 18.2. The van der Waals surface area contributed by atoms with Gasteiger partial charge in [-0.1, -0.05) is 25.5 Å². The molecule has 0 bridgehead atoms. The van der Waals surface area contributed by atoms with Crippen molar-refractivity contribution >= 4 is 5.96 Å². The molecule has 1 N–H and O–H groups in total. The molecule has 0 radical (unpaired) electrons. The number of unbranched alkanes of at least 4 members (excludes halogenated alkanes) is 1. The molecule has 1 aromatic carbocycles. The topological polar surface area (TPSA) is 49.3 Å². The molecule has 0 saturated carbocycles. The largest absolute Gasteiger partial charge is 0.494 e. The van der Waals surface area contributed by atoms with Crippen LogP contribution in [0.3, 0.4) is 0 Å². The summed E-state index contributed by atoms with van der Waals surface area (Å²) in [7, 11) is 0. The molecule has 0 aliphatic carbocycles. The predicted octanol–water partition coefficient (Wildman–Crippen LogP) is 2.78. The molecule has 1 aromatic rings. The number of morpholine rings is 1. The molecule has 1 unspecified atom stereocenters. The Kier molecular flexibility index (Phi) is 9.09. The maximum atomic E-state index is 5.75. The molecule has 6 heteroatoms. The second-order valence-electron chi connectivity index (χ2n) is 7.87. The van der Waals surface area contributed by atoms with Crippen LogP contribution in [0.4, 0.5) is 0 Å². The van der Waals surface area contributed by atoms with Crippen molar-refractivity contribution in [3.8, 4) is 5.75 Å². The Morgan fingerprint density at radius 2 is 1.97 bits per heavy atom. The number of aliphatic imine (C=N–C) groups is 1. The van der Waals surface area contributed by atoms with Crippen LogP contribution in [0.1, 0.15) is 38.7 Å². The van der Waals surface area contributed by atoms with Gasteiger partial charge in [-0.2, -0.15) is 0 Å². The first-order valence-electron chi connectivity index (χ1n) is 11.4. The van der Waals surface area contributed by atoms with E-state index in [0.29, 0.717) is 6.04 Å². The summed E-state index contributed by atoms with van der Waals surface area (Å²) in [5.74, 6) is 2.02. The third kappa shape index (κ3) is 6.89. The van der Waals surface area contributed by atoms with E-state index in [2.05, 4.69) is 53.2 Å². The van der Waals surface area contributed by atoms with E-state index in [0.717, 1.165) is 90.1 Å². The number of likely N-dealkylation sites (tertiary alicyclic amines) is 1. The predicted molar refractivity (Wildman–Crippen MR) is 119 cm³/mol. The molecule has 0 spiro atoms. The summed E-state index contributed by atoms with van der Waals surface area (Å²) in [6, 6.07) is 9.10. The second-order valence-corrected chi connectivity index (χ2v) is 7.87. The highest BCUT2D eigenvalue weighted by Crippen LogP contribution is 2.17. The summed E-state index contributed by atoms with van der Waals surface area (Å²) in [5.41, 5.74) is 1.31. The van der Waals surface area contributed by atoms with Gasteiger partial charge in [-0.05, 0) is 43.9 Å². The molecule has 2 aliphatic heterocycles. The van der Waals surface area contributed by atoms with Crippen LogP contribution in [0.5, 0.6) is 5.75 Å². The minimum Gasteiger partial charge on any atom is -0.494 e. The monoisotopic (exact) mass is 402 g/mol. The van der Waals surface area contributed by atoms with Crippen LogP contribution in [-0.2, 0) is 11.2 Å². The van der Waals surface area contributed by atoms with Gasteiger partial charge in [-0.3, -0.25) is 9.89 Å².